The van der Waals surface area contributed by atoms with Crippen molar-refractivity contribution >= 4 is 23.2 Å². The van der Waals surface area contributed by atoms with Crippen molar-refractivity contribution in [2.75, 3.05) is 6.61 Å². The first-order chi connectivity index (χ1) is 6.88. The van der Waals surface area contributed by atoms with Crippen LogP contribution in [0.2, 0.25) is 10.0 Å². The molecular weight excluding hydrogens is 233 g/mol. The van der Waals surface area contributed by atoms with Crippen LogP contribution in [0.1, 0.15) is 25.5 Å². The Kier molecular flexibility index (Phi) is 4.01. The van der Waals surface area contributed by atoms with Crippen LogP contribution in [0.3, 0.4) is 0 Å². The maximum absolute atomic E-state index is 9.23. The van der Waals surface area contributed by atoms with Gasteiger partial charge >= 0.3 is 0 Å². The van der Waals surface area contributed by atoms with E-state index in [-0.39, 0.29) is 12.6 Å². The molecule has 3 N–H and O–H groups in total. The third-order valence-corrected chi connectivity index (χ3v) is 3.12. The minimum atomic E-state index is -0.422. The average Bonchev–Trinajstić information content (AvgIpc) is 2.20. The van der Waals surface area contributed by atoms with Gasteiger partial charge in [0.05, 0.1) is 0 Å². The molecule has 1 aromatic rings. The first kappa shape index (κ1) is 12.8. The number of nitrogens with two attached hydrogens (primary N) is 1. The quantitative estimate of drug-likeness (QED) is 0.863. The van der Waals surface area contributed by atoms with E-state index in [1.54, 1.807) is 18.2 Å². The first-order valence-electron chi connectivity index (χ1n) is 4.70. The highest BCUT2D eigenvalue weighted by molar-refractivity contribution is 6.33. The fourth-order valence-electron chi connectivity index (χ4n) is 1.27. The summed E-state index contributed by atoms with van der Waals surface area (Å²) in [6.07, 6.45) is 0. The SMILES string of the molecule is CC(C)(CO)[C@@H](N)c1cc(Cl)ccc1Cl. The summed E-state index contributed by atoms with van der Waals surface area (Å²) in [5.41, 5.74) is 6.39. The number of benzene rings is 1. The maximum atomic E-state index is 9.23. The highest BCUT2D eigenvalue weighted by atomic mass is 35.5. The van der Waals surface area contributed by atoms with Crippen LogP contribution in [0.5, 0.6) is 0 Å². The van der Waals surface area contributed by atoms with Crippen molar-refractivity contribution in [1.29, 1.82) is 0 Å². The standard InChI is InChI=1S/C11H15Cl2NO/c1-11(2,6-15)10(14)8-5-7(12)3-4-9(8)13/h3-5,10,15H,6,14H2,1-2H3/t10-/m0/s1. The van der Waals surface area contributed by atoms with E-state index in [0.29, 0.717) is 10.0 Å². The maximum Gasteiger partial charge on any atom is 0.0500 e. The first-order valence-corrected chi connectivity index (χ1v) is 5.45. The summed E-state index contributed by atoms with van der Waals surface area (Å²) in [7, 11) is 0. The Hall–Kier alpha value is -0.280. The molecular formula is C11H15Cl2NO. The van der Waals surface area contributed by atoms with Gasteiger partial charge in [0, 0.05) is 28.1 Å². The molecule has 0 unspecified atom stereocenters. The van der Waals surface area contributed by atoms with Crippen molar-refractivity contribution in [3.05, 3.63) is 33.8 Å². The fraction of sp³-hybridized carbons (Fsp3) is 0.455. The summed E-state index contributed by atoms with van der Waals surface area (Å²) in [5.74, 6) is 0. The summed E-state index contributed by atoms with van der Waals surface area (Å²) < 4.78 is 0. The Balaban J connectivity index is 3.10. The molecule has 0 aliphatic rings. The Morgan fingerprint density at radius 3 is 2.53 bits per heavy atom. The van der Waals surface area contributed by atoms with Crippen LogP contribution < -0.4 is 5.73 Å². The van der Waals surface area contributed by atoms with Gasteiger partial charge in [0.2, 0.25) is 0 Å². The second kappa shape index (κ2) is 4.71. The molecule has 0 radical (unpaired) electrons. The van der Waals surface area contributed by atoms with Crippen molar-refractivity contribution < 1.29 is 5.11 Å². The van der Waals surface area contributed by atoms with Crippen LogP contribution >= 0.6 is 23.2 Å². The van der Waals surface area contributed by atoms with Gasteiger partial charge in [-0.25, -0.2) is 0 Å². The van der Waals surface area contributed by atoms with E-state index in [4.69, 9.17) is 28.9 Å². The van der Waals surface area contributed by atoms with Gasteiger partial charge in [-0.15, -0.1) is 0 Å². The number of rotatable bonds is 3. The summed E-state index contributed by atoms with van der Waals surface area (Å²) >= 11 is 11.9. The molecule has 2 nitrogen and oxygen atoms in total. The number of aliphatic hydroxyl groups excluding tert-OH is 1. The van der Waals surface area contributed by atoms with Gasteiger partial charge < -0.3 is 10.8 Å². The molecule has 1 atom stereocenters. The number of hydrogen-bond donors (Lipinski definition) is 2. The van der Waals surface area contributed by atoms with Crippen LogP contribution in [0.4, 0.5) is 0 Å². The zero-order valence-electron chi connectivity index (χ0n) is 8.80. The molecule has 4 heteroatoms. The van der Waals surface area contributed by atoms with E-state index in [0.717, 1.165) is 5.56 Å². The molecule has 0 aliphatic heterocycles. The lowest BCUT2D eigenvalue weighted by molar-refractivity contribution is 0.132. The van der Waals surface area contributed by atoms with Gasteiger partial charge in [-0.1, -0.05) is 37.0 Å². The molecule has 0 heterocycles. The smallest absolute Gasteiger partial charge is 0.0500 e. The minimum Gasteiger partial charge on any atom is -0.396 e. The fourth-order valence-corrected chi connectivity index (χ4v) is 1.69. The normalized spacial score (nSPS) is 14.0. The number of hydrogen-bond acceptors (Lipinski definition) is 2. The summed E-state index contributed by atoms with van der Waals surface area (Å²) in [4.78, 5) is 0. The molecule has 0 aromatic heterocycles. The van der Waals surface area contributed by atoms with Gasteiger partial charge in [0.15, 0.2) is 0 Å². The van der Waals surface area contributed by atoms with E-state index >= 15 is 0 Å². The summed E-state index contributed by atoms with van der Waals surface area (Å²) in [5, 5.41) is 10.4. The Labute approximate surface area is 100.0 Å². The molecule has 0 amide bonds. The van der Waals surface area contributed by atoms with Crippen molar-refractivity contribution in [3.8, 4) is 0 Å². The molecule has 0 bridgehead atoms. The molecule has 0 spiro atoms. The largest absolute Gasteiger partial charge is 0.396 e. The van der Waals surface area contributed by atoms with E-state index in [1.165, 1.54) is 0 Å². The Bertz CT molecular complexity index is 352. The lowest BCUT2D eigenvalue weighted by Gasteiger charge is -2.30. The number of aliphatic hydroxyl groups is 1. The molecule has 84 valence electrons. The second-order valence-electron chi connectivity index (χ2n) is 4.29. The molecule has 15 heavy (non-hydrogen) atoms. The minimum absolute atomic E-state index is 0.00297. The van der Waals surface area contributed by atoms with Crippen molar-refractivity contribution in [3.63, 3.8) is 0 Å². The Morgan fingerprint density at radius 1 is 1.40 bits per heavy atom. The highest BCUT2D eigenvalue weighted by Crippen LogP contribution is 2.35. The molecule has 0 aliphatic carbocycles. The predicted molar refractivity (Wildman–Crippen MR) is 64.3 cm³/mol. The van der Waals surface area contributed by atoms with E-state index in [2.05, 4.69) is 0 Å². The van der Waals surface area contributed by atoms with Gasteiger partial charge in [0.1, 0.15) is 0 Å². The van der Waals surface area contributed by atoms with E-state index < -0.39 is 5.41 Å². The molecule has 1 aromatic carbocycles. The van der Waals surface area contributed by atoms with E-state index in [1.807, 2.05) is 13.8 Å². The second-order valence-corrected chi connectivity index (χ2v) is 5.13. The lowest BCUT2D eigenvalue weighted by atomic mass is 9.82. The van der Waals surface area contributed by atoms with Crippen LogP contribution in [0, 0.1) is 5.41 Å². The summed E-state index contributed by atoms with van der Waals surface area (Å²) in [6, 6.07) is 4.83. The molecule has 0 fully saturated rings. The highest BCUT2D eigenvalue weighted by Gasteiger charge is 2.28. The zero-order chi connectivity index (χ0) is 11.6. The third-order valence-electron chi connectivity index (χ3n) is 2.54. The van der Waals surface area contributed by atoms with Gasteiger partial charge in [0.25, 0.3) is 0 Å². The molecule has 1 rings (SSSR count). The van der Waals surface area contributed by atoms with Crippen LogP contribution in [0.15, 0.2) is 18.2 Å². The predicted octanol–water partition coefficient (Wildman–Crippen LogP) is 3.01. The average molecular weight is 248 g/mol. The van der Waals surface area contributed by atoms with Crippen molar-refractivity contribution in [2.45, 2.75) is 19.9 Å². The topological polar surface area (TPSA) is 46.2 Å². The Morgan fingerprint density at radius 2 is 2.00 bits per heavy atom. The van der Waals surface area contributed by atoms with Gasteiger partial charge in [-0.2, -0.15) is 0 Å². The lowest BCUT2D eigenvalue weighted by Crippen LogP contribution is -2.32. The van der Waals surface area contributed by atoms with Gasteiger partial charge in [-0.3, -0.25) is 0 Å². The van der Waals surface area contributed by atoms with E-state index in [9.17, 15) is 5.11 Å². The zero-order valence-corrected chi connectivity index (χ0v) is 10.3. The molecule has 0 saturated heterocycles. The van der Waals surface area contributed by atoms with Gasteiger partial charge in [-0.05, 0) is 23.8 Å². The van der Waals surface area contributed by atoms with Crippen LogP contribution in [-0.4, -0.2) is 11.7 Å². The van der Waals surface area contributed by atoms with Crippen molar-refractivity contribution in [1.82, 2.24) is 0 Å². The molecule has 0 saturated carbocycles. The van der Waals surface area contributed by atoms with Crippen molar-refractivity contribution in [2.24, 2.45) is 11.1 Å². The third kappa shape index (κ3) is 2.85. The monoisotopic (exact) mass is 247 g/mol. The summed E-state index contributed by atoms with van der Waals surface area (Å²) in [6.45, 7) is 3.76. The van der Waals surface area contributed by atoms with Crippen LogP contribution in [-0.2, 0) is 0 Å². The van der Waals surface area contributed by atoms with Crippen LogP contribution in [0.25, 0.3) is 0 Å². The number of halogens is 2.